The highest BCUT2D eigenvalue weighted by atomic mass is 16.5. The average molecular weight is 281 g/mol. The lowest BCUT2D eigenvalue weighted by molar-refractivity contribution is 0.210. The molecule has 3 nitrogen and oxygen atoms in total. The second-order valence-electron chi connectivity index (χ2n) is 5.13. The lowest BCUT2D eigenvalue weighted by atomic mass is 9.83. The van der Waals surface area contributed by atoms with E-state index >= 15 is 0 Å². The Morgan fingerprint density at radius 3 is 1.85 bits per heavy atom. The fraction of sp³-hybridized carbons (Fsp3) is 0.588. The van der Waals surface area contributed by atoms with Gasteiger partial charge in [-0.25, -0.2) is 4.79 Å². The van der Waals surface area contributed by atoms with Gasteiger partial charge in [-0.15, -0.1) is 0 Å². The van der Waals surface area contributed by atoms with Crippen molar-refractivity contribution >= 4 is 6.09 Å². The zero-order chi connectivity index (χ0) is 16.5. The summed E-state index contributed by atoms with van der Waals surface area (Å²) in [6, 6.07) is 3.92. The molecule has 3 heteroatoms. The van der Waals surface area contributed by atoms with E-state index in [-0.39, 0.29) is 5.41 Å². The van der Waals surface area contributed by atoms with Crippen LogP contribution in [-0.4, -0.2) is 6.09 Å². The monoisotopic (exact) mass is 281 g/mol. The van der Waals surface area contributed by atoms with Crippen LogP contribution in [0, 0.1) is 13.8 Å². The number of nitrogens with two attached hydrogens (primary N) is 1. The summed E-state index contributed by atoms with van der Waals surface area (Å²) in [5.74, 6) is 0.567. The Labute approximate surface area is 124 Å². The first-order valence-electron chi connectivity index (χ1n) is 7.31. The van der Waals surface area contributed by atoms with Crippen molar-refractivity contribution in [2.75, 3.05) is 0 Å². The molecule has 2 N–H and O–H groups in total. The lowest BCUT2D eigenvalue weighted by Gasteiger charge is -2.24. The molecule has 0 radical (unpaired) electrons. The van der Waals surface area contributed by atoms with Gasteiger partial charge in [-0.3, -0.25) is 0 Å². The maximum atomic E-state index is 10.9. The summed E-state index contributed by atoms with van der Waals surface area (Å²) >= 11 is 0. The minimum atomic E-state index is -0.768. The Morgan fingerprint density at radius 1 is 1.05 bits per heavy atom. The van der Waals surface area contributed by atoms with Gasteiger partial charge in [0.1, 0.15) is 5.75 Å². The maximum absolute atomic E-state index is 10.9. The molecule has 116 valence electrons. The third kappa shape index (κ3) is 6.60. The summed E-state index contributed by atoms with van der Waals surface area (Å²) in [5, 5.41) is 0. The van der Waals surface area contributed by atoms with Crippen LogP contribution in [0.3, 0.4) is 0 Å². The van der Waals surface area contributed by atoms with E-state index < -0.39 is 6.09 Å². The average Bonchev–Trinajstić information content (AvgIpc) is 2.30. The summed E-state index contributed by atoms with van der Waals surface area (Å²) < 4.78 is 5.07. The van der Waals surface area contributed by atoms with Crippen molar-refractivity contribution in [1.29, 1.82) is 0 Å². The molecule has 1 rings (SSSR count). The van der Waals surface area contributed by atoms with E-state index in [2.05, 4.69) is 26.8 Å². The molecule has 20 heavy (non-hydrogen) atoms. The molecule has 0 saturated carbocycles. The molecule has 1 aromatic rings. The Kier molecular flexibility index (Phi) is 9.78. The third-order valence-electron chi connectivity index (χ3n) is 2.40. The van der Waals surface area contributed by atoms with Crippen LogP contribution >= 0.6 is 0 Å². The fourth-order valence-electron chi connectivity index (χ4n) is 2.08. The van der Waals surface area contributed by atoms with Crippen LogP contribution in [-0.2, 0) is 5.41 Å². The second-order valence-corrected chi connectivity index (χ2v) is 5.13. The lowest BCUT2D eigenvalue weighted by Crippen LogP contribution is -2.21. The van der Waals surface area contributed by atoms with Crippen molar-refractivity contribution in [3.8, 4) is 5.75 Å². The first kappa shape index (κ1) is 20.8. The van der Waals surface area contributed by atoms with E-state index in [1.165, 1.54) is 0 Å². The molecule has 1 aromatic carbocycles. The van der Waals surface area contributed by atoms with Crippen molar-refractivity contribution in [2.45, 2.75) is 67.7 Å². The van der Waals surface area contributed by atoms with Crippen LogP contribution in [0.5, 0.6) is 5.75 Å². The number of benzene rings is 1. The highest BCUT2D eigenvalue weighted by Gasteiger charge is 2.22. The summed E-state index contributed by atoms with van der Waals surface area (Å²) in [4.78, 5) is 10.9. The molecule has 0 atom stereocenters. The molecule has 0 aromatic heterocycles. The van der Waals surface area contributed by atoms with Crippen molar-refractivity contribution in [1.82, 2.24) is 0 Å². The van der Waals surface area contributed by atoms with E-state index in [0.717, 1.165) is 16.7 Å². The van der Waals surface area contributed by atoms with E-state index in [9.17, 15) is 4.79 Å². The number of carbonyl (C=O) groups excluding carboxylic acids is 1. The van der Waals surface area contributed by atoms with Gasteiger partial charge in [0.05, 0.1) is 0 Å². The standard InChI is InChI=1S/C13H19NO2.2C2H6/c1-8-6-9(2)11(13(3,4)5)10(7-8)16-12(14)15;2*1-2/h6-7H,1-5H3,(H2,14,15);2*1-2H3. The summed E-state index contributed by atoms with van der Waals surface area (Å²) in [6.45, 7) is 18.2. The third-order valence-corrected chi connectivity index (χ3v) is 2.40. The van der Waals surface area contributed by atoms with Gasteiger partial charge in [-0.1, -0.05) is 54.5 Å². The van der Waals surface area contributed by atoms with Crippen LogP contribution in [0.2, 0.25) is 0 Å². The van der Waals surface area contributed by atoms with Crippen molar-refractivity contribution in [3.05, 3.63) is 28.8 Å². The quantitative estimate of drug-likeness (QED) is 0.777. The Balaban J connectivity index is 0. The largest absolute Gasteiger partial charge is 0.410 e. The van der Waals surface area contributed by atoms with E-state index in [4.69, 9.17) is 10.5 Å². The number of hydrogen-bond acceptors (Lipinski definition) is 2. The molecule has 0 bridgehead atoms. The van der Waals surface area contributed by atoms with E-state index in [0.29, 0.717) is 5.75 Å². The molecule has 0 fully saturated rings. The molecule has 0 saturated heterocycles. The summed E-state index contributed by atoms with van der Waals surface area (Å²) in [7, 11) is 0. The van der Waals surface area contributed by atoms with Crippen molar-refractivity contribution in [3.63, 3.8) is 0 Å². The predicted octanol–water partition coefficient (Wildman–Crippen LogP) is 5.11. The van der Waals surface area contributed by atoms with Crippen LogP contribution in [0.25, 0.3) is 0 Å². The van der Waals surface area contributed by atoms with Crippen molar-refractivity contribution in [2.24, 2.45) is 5.73 Å². The van der Waals surface area contributed by atoms with Crippen LogP contribution < -0.4 is 10.5 Å². The molecule has 0 unspecified atom stereocenters. The van der Waals surface area contributed by atoms with Gasteiger partial charge in [-0.2, -0.15) is 0 Å². The number of aryl methyl sites for hydroxylation is 2. The van der Waals surface area contributed by atoms with E-state index in [1.807, 2.05) is 47.6 Å². The Bertz CT molecular complexity index is 418. The number of carbonyl (C=O) groups is 1. The van der Waals surface area contributed by atoms with Crippen molar-refractivity contribution < 1.29 is 9.53 Å². The zero-order valence-electron chi connectivity index (χ0n) is 14.5. The van der Waals surface area contributed by atoms with E-state index in [1.54, 1.807) is 0 Å². The second kappa shape index (κ2) is 9.40. The van der Waals surface area contributed by atoms with Gasteiger partial charge in [0, 0.05) is 5.56 Å². The highest BCUT2D eigenvalue weighted by Crippen LogP contribution is 2.35. The molecule has 0 heterocycles. The summed E-state index contributed by atoms with van der Waals surface area (Å²) in [5.41, 5.74) is 8.19. The first-order chi connectivity index (χ1) is 9.21. The number of hydrogen-bond donors (Lipinski definition) is 1. The number of ether oxygens (including phenoxy) is 1. The SMILES string of the molecule is CC.CC.Cc1cc(C)c(C(C)(C)C)c(OC(N)=O)c1. The topological polar surface area (TPSA) is 52.3 Å². The van der Waals surface area contributed by atoms with Crippen LogP contribution in [0.4, 0.5) is 4.79 Å². The van der Waals surface area contributed by atoms with Gasteiger partial charge in [0.25, 0.3) is 0 Å². The minimum Gasteiger partial charge on any atom is -0.410 e. The van der Waals surface area contributed by atoms with Crippen LogP contribution in [0.1, 0.15) is 65.2 Å². The highest BCUT2D eigenvalue weighted by molar-refractivity contribution is 5.69. The summed E-state index contributed by atoms with van der Waals surface area (Å²) in [6.07, 6.45) is -0.768. The number of primary amides is 1. The van der Waals surface area contributed by atoms with Gasteiger partial charge < -0.3 is 10.5 Å². The fourth-order valence-corrected chi connectivity index (χ4v) is 2.08. The zero-order valence-corrected chi connectivity index (χ0v) is 14.5. The van der Waals surface area contributed by atoms with Gasteiger partial charge in [-0.05, 0) is 36.5 Å². The predicted molar refractivity (Wildman–Crippen MR) is 87.5 cm³/mol. The molecule has 1 amide bonds. The Morgan fingerprint density at radius 2 is 1.50 bits per heavy atom. The smallest absolute Gasteiger partial charge is 0.409 e. The van der Waals surface area contributed by atoms with Gasteiger partial charge in [0.2, 0.25) is 0 Å². The van der Waals surface area contributed by atoms with Crippen LogP contribution in [0.15, 0.2) is 12.1 Å². The minimum absolute atomic E-state index is 0.0808. The van der Waals surface area contributed by atoms with Gasteiger partial charge >= 0.3 is 6.09 Å². The first-order valence-corrected chi connectivity index (χ1v) is 7.31. The number of rotatable bonds is 1. The van der Waals surface area contributed by atoms with Gasteiger partial charge in [0.15, 0.2) is 0 Å². The molecular weight excluding hydrogens is 250 g/mol. The molecular formula is C17H31NO2. The molecule has 0 aliphatic rings. The normalized spacial score (nSPS) is 9.65. The molecule has 0 spiro atoms. The molecule has 0 aliphatic heterocycles. The maximum Gasteiger partial charge on any atom is 0.409 e. The molecule has 0 aliphatic carbocycles. The Hall–Kier alpha value is -1.51. The number of amides is 1.